The number of hydrogen-bond donors (Lipinski definition) is 6. The molecule has 14 heteroatoms. The molecular formula is C51H85O13P. The van der Waals surface area contributed by atoms with Crippen LogP contribution < -0.4 is 0 Å². The average Bonchev–Trinajstić information content (AvgIpc) is 3.29. The standard InChI is InChI=1S/C51H85O13P/c1-3-5-7-9-11-13-15-17-19-21-22-24-25-27-29-31-33-35-37-39-44(52)61-41-43(42-62-65(59,60)64-51-49(57)47(55)46(54)48(56)50(51)58)63-45(53)40-38-36-34-32-30-28-26-23-20-18-16-14-12-10-8-6-4-2/h11,13,17,19,22,24,26-29,32-35,43,46-51,54-58H,3-10,12,14-16,18,20-21,23,25,30-31,36-42H2,1-2H3,(H,59,60)/b13-11+,19-17+,24-22+,28-26+,29-27+,34-32+,35-33+/t43-,46?,47-,48?,49?,50?,51?/m0/s1. The first-order valence-corrected chi connectivity index (χ1v) is 25.9. The first-order chi connectivity index (χ1) is 31.4. The summed E-state index contributed by atoms with van der Waals surface area (Å²) in [6.07, 6.45) is 39.4. The van der Waals surface area contributed by atoms with Crippen LogP contribution in [0.4, 0.5) is 0 Å². The molecule has 8 atom stereocenters. The number of rotatable bonds is 39. The fraction of sp³-hybridized carbons (Fsp3) is 0.686. The van der Waals surface area contributed by atoms with Crippen molar-refractivity contribution in [2.24, 2.45) is 0 Å². The van der Waals surface area contributed by atoms with Crippen molar-refractivity contribution in [2.45, 2.75) is 211 Å². The Labute approximate surface area is 390 Å². The van der Waals surface area contributed by atoms with Gasteiger partial charge in [0.25, 0.3) is 0 Å². The zero-order valence-electron chi connectivity index (χ0n) is 39.5. The Balaban J connectivity index is 2.53. The van der Waals surface area contributed by atoms with Crippen LogP contribution in [0.3, 0.4) is 0 Å². The minimum Gasteiger partial charge on any atom is -0.462 e. The maximum atomic E-state index is 12.8. The molecule has 0 heterocycles. The van der Waals surface area contributed by atoms with Crippen LogP contribution in [0.25, 0.3) is 0 Å². The highest BCUT2D eigenvalue weighted by atomic mass is 31.2. The van der Waals surface area contributed by atoms with E-state index in [0.717, 1.165) is 38.5 Å². The van der Waals surface area contributed by atoms with Gasteiger partial charge in [0.2, 0.25) is 0 Å². The number of phosphoric ester groups is 1. The molecule has 1 aliphatic rings. The average molecular weight is 937 g/mol. The fourth-order valence-electron chi connectivity index (χ4n) is 6.78. The molecule has 1 saturated carbocycles. The van der Waals surface area contributed by atoms with Crippen molar-refractivity contribution in [3.05, 3.63) is 85.1 Å². The minimum absolute atomic E-state index is 0.0132. The van der Waals surface area contributed by atoms with E-state index in [9.17, 15) is 44.6 Å². The summed E-state index contributed by atoms with van der Waals surface area (Å²) >= 11 is 0. The zero-order valence-corrected chi connectivity index (χ0v) is 40.4. The van der Waals surface area contributed by atoms with Gasteiger partial charge >= 0.3 is 19.8 Å². The Hall–Kier alpha value is -2.97. The van der Waals surface area contributed by atoms with E-state index in [1.54, 1.807) is 0 Å². The molecule has 0 aromatic heterocycles. The molecule has 0 aliphatic heterocycles. The van der Waals surface area contributed by atoms with Crippen molar-refractivity contribution in [3.8, 4) is 0 Å². The van der Waals surface area contributed by atoms with Crippen LogP contribution >= 0.6 is 7.82 Å². The van der Waals surface area contributed by atoms with E-state index in [1.165, 1.54) is 77.0 Å². The van der Waals surface area contributed by atoms with Gasteiger partial charge in [-0.25, -0.2) is 4.57 Å². The summed E-state index contributed by atoms with van der Waals surface area (Å²) in [4.78, 5) is 35.7. The smallest absolute Gasteiger partial charge is 0.462 e. The number of carbonyl (C=O) groups is 2. The fourth-order valence-corrected chi connectivity index (χ4v) is 7.75. The molecular weight excluding hydrogens is 852 g/mol. The van der Waals surface area contributed by atoms with Gasteiger partial charge in [-0.3, -0.25) is 18.6 Å². The third-order valence-corrected chi connectivity index (χ3v) is 11.7. The van der Waals surface area contributed by atoms with E-state index >= 15 is 0 Å². The number of esters is 2. The van der Waals surface area contributed by atoms with Gasteiger partial charge in [0, 0.05) is 12.8 Å². The van der Waals surface area contributed by atoms with E-state index in [2.05, 4.69) is 68.5 Å². The highest BCUT2D eigenvalue weighted by Crippen LogP contribution is 2.47. The van der Waals surface area contributed by atoms with Gasteiger partial charge in [0.05, 0.1) is 6.61 Å². The molecule has 6 N–H and O–H groups in total. The van der Waals surface area contributed by atoms with Crippen LogP contribution in [0.1, 0.15) is 168 Å². The number of allylic oxidation sites excluding steroid dienone is 14. The molecule has 1 aliphatic carbocycles. The van der Waals surface area contributed by atoms with Gasteiger partial charge < -0.3 is 39.9 Å². The minimum atomic E-state index is -5.15. The van der Waals surface area contributed by atoms with Crippen molar-refractivity contribution < 1.29 is 63.1 Å². The Morgan fingerprint density at radius 1 is 0.477 bits per heavy atom. The number of phosphoric acid groups is 1. The van der Waals surface area contributed by atoms with Crippen LogP contribution in [-0.2, 0) is 32.7 Å². The van der Waals surface area contributed by atoms with E-state index in [0.29, 0.717) is 25.7 Å². The lowest BCUT2D eigenvalue weighted by molar-refractivity contribution is -0.220. The van der Waals surface area contributed by atoms with Crippen LogP contribution in [-0.4, -0.2) is 98.3 Å². The molecule has 0 aromatic rings. The van der Waals surface area contributed by atoms with Crippen molar-refractivity contribution >= 4 is 19.8 Å². The lowest BCUT2D eigenvalue weighted by atomic mass is 9.85. The van der Waals surface area contributed by atoms with Crippen molar-refractivity contribution in [3.63, 3.8) is 0 Å². The third kappa shape index (κ3) is 32.4. The summed E-state index contributed by atoms with van der Waals surface area (Å²) in [6, 6.07) is 0. The SMILES string of the molecule is CCCCC/C=C/C/C=C/C/C=C/C/C=C/C/C=C/CCC(=O)OC[C@@H](COP(=O)(O)OC1C(O)C(O)C(O)[C@H](O)C1O)OC(=O)CCC/C=C/C/C=C/CCCCCCCCCCC. The molecule has 0 bridgehead atoms. The number of aliphatic hydroxyl groups is 5. The molecule has 0 saturated heterocycles. The lowest BCUT2D eigenvalue weighted by Gasteiger charge is -2.41. The maximum absolute atomic E-state index is 12.8. The van der Waals surface area contributed by atoms with E-state index < -0.39 is 75.7 Å². The summed E-state index contributed by atoms with van der Waals surface area (Å²) in [5.74, 6) is -1.25. The first kappa shape index (κ1) is 60.0. The highest BCUT2D eigenvalue weighted by Gasteiger charge is 2.51. The molecule has 0 aromatic carbocycles. The molecule has 1 fully saturated rings. The topological polar surface area (TPSA) is 210 Å². The molecule has 13 nitrogen and oxygen atoms in total. The van der Waals surface area contributed by atoms with Gasteiger partial charge in [-0.2, -0.15) is 0 Å². The zero-order chi connectivity index (χ0) is 47.8. The van der Waals surface area contributed by atoms with Crippen molar-refractivity contribution in [1.29, 1.82) is 0 Å². The van der Waals surface area contributed by atoms with Crippen molar-refractivity contribution in [2.75, 3.05) is 13.2 Å². The molecule has 65 heavy (non-hydrogen) atoms. The highest BCUT2D eigenvalue weighted by molar-refractivity contribution is 7.47. The predicted octanol–water partition coefficient (Wildman–Crippen LogP) is 10.1. The monoisotopic (exact) mass is 937 g/mol. The quantitative estimate of drug-likeness (QED) is 0.0147. The summed E-state index contributed by atoms with van der Waals surface area (Å²) in [5, 5.41) is 50.2. The second-order valence-corrected chi connectivity index (χ2v) is 18.0. The number of unbranched alkanes of at least 4 members (excludes halogenated alkanes) is 13. The summed E-state index contributed by atoms with van der Waals surface area (Å²) in [5.41, 5.74) is 0. The number of carbonyl (C=O) groups excluding carboxylic acids is 2. The third-order valence-electron chi connectivity index (χ3n) is 10.7. The van der Waals surface area contributed by atoms with E-state index in [-0.39, 0.29) is 12.8 Å². The predicted molar refractivity (Wildman–Crippen MR) is 258 cm³/mol. The second kappa shape index (κ2) is 40.1. The Morgan fingerprint density at radius 3 is 1.35 bits per heavy atom. The number of hydrogen-bond acceptors (Lipinski definition) is 12. The molecule has 0 spiro atoms. The van der Waals surface area contributed by atoms with E-state index in [1.807, 2.05) is 30.4 Å². The van der Waals surface area contributed by atoms with Crippen LogP contribution in [0.2, 0.25) is 0 Å². The summed E-state index contributed by atoms with van der Waals surface area (Å²) in [6.45, 7) is 3.17. The van der Waals surface area contributed by atoms with Crippen molar-refractivity contribution in [1.82, 2.24) is 0 Å². The van der Waals surface area contributed by atoms with Gasteiger partial charge in [-0.15, -0.1) is 0 Å². The second-order valence-electron chi connectivity index (χ2n) is 16.6. The van der Waals surface area contributed by atoms with Crippen LogP contribution in [0.15, 0.2) is 85.1 Å². The summed E-state index contributed by atoms with van der Waals surface area (Å²) < 4.78 is 33.4. The first-order valence-electron chi connectivity index (χ1n) is 24.4. The van der Waals surface area contributed by atoms with Gasteiger partial charge in [-0.05, 0) is 77.0 Å². The molecule has 372 valence electrons. The Kier molecular flexibility index (Phi) is 37.1. The molecule has 1 rings (SSSR count). The largest absolute Gasteiger partial charge is 0.472 e. The Bertz CT molecular complexity index is 1460. The number of ether oxygens (including phenoxy) is 2. The number of aliphatic hydroxyl groups excluding tert-OH is 5. The van der Waals surface area contributed by atoms with Crippen LogP contribution in [0, 0.1) is 0 Å². The maximum Gasteiger partial charge on any atom is 0.472 e. The van der Waals surface area contributed by atoms with Gasteiger partial charge in [0.15, 0.2) is 6.10 Å². The lowest BCUT2D eigenvalue weighted by Crippen LogP contribution is -2.64. The normalized spacial score (nSPS) is 22.2. The molecule has 0 amide bonds. The molecule has 6 unspecified atom stereocenters. The van der Waals surface area contributed by atoms with Gasteiger partial charge in [-0.1, -0.05) is 163 Å². The van der Waals surface area contributed by atoms with Crippen LogP contribution in [0.5, 0.6) is 0 Å². The summed E-state index contributed by atoms with van der Waals surface area (Å²) in [7, 11) is -5.15. The Morgan fingerprint density at radius 2 is 0.862 bits per heavy atom. The van der Waals surface area contributed by atoms with Gasteiger partial charge in [0.1, 0.15) is 43.2 Å². The molecule has 0 radical (unpaired) electrons. The van der Waals surface area contributed by atoms with E-state index in [4.69, 9.17) is 18.5 Å².